The van der Waals surface area contributed by atoms with Crippen molar-refractivity contribution >= 4 is 35.9 Å². The summed E-state index contributed by atoms with van der Waals surface area (Å²) in [5.41, 5.74) is 0.128. The number of aromatic nitrogens is 5. The molecule has 0 saturated carbocycles. The Kier molecular flexibility index (Phi) is 29.9. The van der Waals surface area contributed by atoms with Gasteiger partial charge in [0.05, 0.1) is 100 Å². The van der Waals surface area contributed by atoms with Crippen LogP contribution >= 0.6 is 0 Å². The fourth-order valence-electron chi connectivity index (χ4n) is 8.28. The molecule has 0 aliphatic carbocycles. The van der Waals surface area contributed by atoms with Gasteiger partial charge in [0.1, 0.15) is 50.9 Å². The summed E-state index contributed by atoms with van der Waals surface area (Å²) < 4.78 is 56.1. The highest BCUT2D eigenvalue weighted by atomic mass is 16.6. The van der Waals surface area contributed by atoms with Crippen molar-refractivity contribution in [3.63, 3.8) is 0 Å². The second-order valence-electron chi connectivity index (χ2n) is 25.1. The van der Waals surface area contributed by atoms with Gasteiger partial charge in [-0.05, 0) is 132 Å². The summed E-state index contributed by atoms with van der Waals surface area (Å²) in [6.45, 7) is 25.5. The van der Waals surface area contributed by atoms with Crippen LogP contribution in [0.2, 0.25) is 0 Å². The maximum atomic E-state index is 13.4. The van der Waals surface area contributed by atoms with Crippen molar-refractivity contribution in [2.45, 2.75) is 145 Å². The lowest BCUT2D eigenvalue weighted by Crippen LogP contribution is -2.34. The molecule has 0 aromatic carbocycles. The van der Waals surface area contributed by atoms with Gasteiger partial charge in [0.2, 0.25) is 0 Å². The highest BCUT2D eigenvalue weighted by Gasteiger charge is 2.25. The summed E-state index contributed by atoms with van der Waals surface area (Å²) in [6, 6.07) is 23.2. The van der Waals surface area contributed by atoms with Gasteiger partial charge in [0.25, 0.3) is 5.91 Å². The maximum absolute atomic E-state index is 13.4. The quantitative estimate of drug-likeness (QED) is 0.0194. The predicted molar refractivity (Wildman–Crippen MR) is 336 cm³/mol. The number of hydrogen-bond acceptors (Lipinski definition) is 23. The van der Waals surface area contributed by atoms with Crippen LogP contribution in [0.25, 0.3) is 0 Å². The molecule has 0 fully saturated rings. The van der Waals surface area contributed by atoms with Crippen molar-refractivity contribution in [3.8, 4) is 5.75 Å². The Morgan fingerprint density at radius 2 is 0.696 bits per heavy atom. The average Bonchev–Trinajstić information content (AvgIpc) is 1.02. The second-order valence-corrected chi connectivity index (χ2v) is 25.1. The minimum Gasteiger partial charge on any atom is -0.484 e. The lowest BCUT2D eigenvalue weighted by Gasteiger charge is -2.25. The molecule has 2 amide bonds. The number of alkyl carbamates (subject to hydrolysis) is 1. The monoisotopic (exact) mass is 1280 g/mol. The topological polar surface area (TPSA) is 310 Å². The number of nitrogens with zero attached hydrogens (tertiary/aromatic N) is 7. The zero-order chi connectivity index (χ0) is 67.3. The van der Waals surface area contributed by atoms with E-state index in [0.717, 1.165) is 0 Å². The molecule has 0 bridgehead atoms. The Morgan fingerprint density at radius 3 is 1.03 bits per heavy atom. The number of carboxylic acids is 1. The molecule has 92 heavy (non-hydrogen) atoms. The molecule has 5 rings (SSSR count). The largest absolute Gasteiger partial charge is 0.484 e. The predicted octanol–water partition coefficient (Wildman–Crippen LogP) is 7.73. The number of carbonyl (C=O) groups is 6. The number of hydrogen-bond donors (Lipinski definition) is 3. The van der Waals surface area contributed by atoms with Gasteiger partial charge < -0.3 is 63.1 Å². The molecule has 0 aliphatic rings. The molecule has 3 N–H and O–H groups in total. The van der Waals surface area contributed by atoms with Crippen molar-refractivity contribution in [2.24, 2.45) is 0 Å². The molecule has 5 aromatic heterocycles. The first-order valence-electron chi connectivity index (χ1n) is 30.4. The molecule has 0 radical (unpaired) electrons. The summed E-state index contributed by atoms with van der Waals surface area (Å²) in [4.78, 5) is 104. The second kappa shape index (κ2) is 36.8. The standard InChI is InChI=1S/C66H91N9O17/c1-63(2,3)89-59(79)54-22-14-18-47(71-54)40-74(39-46-17-13-21-53(70-46)58(77)78)43-50-37-52(88-45-57(76)67-25-27-83-29-31-85-33-35-87-36-34-86-32-30-84-28-26-68-62(82)92-66(10,11)12)38-51(69-50)44-75(41-48-19-15-23-55(72-48)60(80)90-64(4,5)6)42-49-20-16-24-56(73-49)61(81)91-65(7,8)9/h13-24,37-38H,25-36,39-45H2,1-12H3,(H,67,76)(H,68,82)(H,77,78). The first-order valence-corrected chi connectivity index (χ1v) is 30.4. The van der Waals surface area contributed by atoms with E-state index in [1.165, 1.54) is 6.07 Å². The molecule has 0 unspecified atom stereocenters. The van der Waals surface area contributed by atoms with Crippen molar-refractivity contribution < 1.29 is 81.2 Å². The van der Waals surface area contributed by atoms with E-state index >= 15 is 0 Å². The van der Waals surface area contributed by atoms with Crippen LogP contribution in [0.1, 0.15) is 159 Å². The Morgan fingerprint density at radius 1 is 0.391 bits per heavy atom. The van der Waals surface area contributed by atoms with Crippen LogP contribution in [0.4, 0.5) is 4.79 Å². The van der Waals surface area contributed by atoms with Crippen molar-refractivity contribution in [2.75, 3.05) is 85.8 Å². The number of carboxylic acid groups (broad SMARTS) is 1. The fourth-order valence-corrected chi connectivity index (χ4v) is 8.28. The number of rotatable bonds is 37. The van der Waals surface area contributed by atoms with Crippen LogP contribution in [-0.2, 0) is 86.7 Å². The number of aromatic carboxylic acids is 1. The van der Waals surface area contributed by atoms with Gasteiger partial charge in [-0.2, -0.15) is 0 Å². The maximum Gasteiger partial charge on any atom is 0.407 e. The highest BCUT2D eigenvalue weighted by Crippen LogP contribution is 2.23. The first-order chi connectivity index (χ1) is 43.4. The van der Waals surface area contributed by atoms with E-state index in [4.69, 9.17) is 52.4 Å². The molecule has 5 aromatic rings. The smallest absolute Gasteiger partial charge is 0.407 e. The molecule has 0 saturated heterocycles. The van der Waals surface area contributed by atoms with Crippen molar-refractivity contribution in [1.82, 2.24) is 45.4 Å². The Labute approximate surface area is 538 Å². The van der Waals surface area contributed by atoms with E-state index in [2.05, 4.69) is 30.6 Å². The van der Waals surface area contributed by atoms with E-state index < -0.39 is 58.3 Å². The molecule has 5 heterocycles. The van der Waals surface area contributed by atoms with E-state index in [1.807, 2.05) is 9.80 Å². The third kappa shape index (κ3) is 31.3. The minimum absolute atomic E-state index is 0.0905. The van der Waals surface area contributed by atoms with Crippen molar-refractivity contribution in [1.29, 1.82) is 0 Å². The fraction of sp³-hybridized carbons (Fsp3) is 0.530. The van der Waals surface area contributed by atoms with Crippen LogP contribution < -0.4 is 15.4 Å². The molecular formula is C66H91N9O17. The van der Waals surface area contributed by atoms with Gasteiger partial charge in [-0.15, -0.1) is 0 Å². The molecular weight excluding hydrogens is 1190 g/mol. The molecule has 502 valence electrons. The van der Waals surface area contributed by atoms with E-state index in [1.54, 1.807) is 162 Å². The average molecular weight is 1280 g/mol. The third-order valence-corrected chi connectivity index (χ3v) is 11.8. The van der Waals surface area contributed by atoms with Crippen LogP contribution in [0, 0.1) is 0 Å². The summed E-state index contributed by atoms with van der Waals surface area (Å²) in [7, 11) is 0. The van der Waals surface area contributed by atoms with Crippen LogP contribution in [-0.4, -0.2) is 184 Å². The zero-order valence-corrected chi connectivity index (χ0v) is 55.1. The van der Waals surface area contributed by atoms with Crippen LogP contribution in [0.5, 0.6) is 5.75 Å². The van der Waals surface area contributed by atoms with Crippen molar-refractivity contribution in [3.05, 3.63) is 142 Å². The molecule has 26 nitrogen and oxygen atoms in total. The number of pyridine rings is 5. The lowest BCUT2D eigenvalue weighted by atomic mass is 10.2. The number of ether oxygens (including phenoxy) is 10. The van der Waals surface area contributed by atoms with Gasteiger partial charge in [0, 0.05) is 64.5 Å². The molecule has 0 aliphatic heterocycles. The number of carbonyl (C=O) groups excluding carboxylic acids is 5. The Hall–Kier alpha value is -8.11. The van der Waals surface area contributed by atoms with Crippen LogP contribution in [0.15, 0.2) is 84.9 Å². The van der Waals surface area contributed by atoms with Gasteiger partial charge in [-0.1, -0.05) is 24.3 Å². The molecule has 0 spiro atoms. The summed E-state index contributed by atoms with van der Waals surface area (Å²) >= 11 is 0. The first kappa shape index (κ1) is 74.6. The van der Waals surface area contributed by atoms with Gasteiger partial charge in [-0.3, -0.25) is 19.6 Å². The Balaban J connectivity index is 1.29. The summed E-state index contributed by atoms with van der Waals surface area (Å²) in [5, 5.41) is 15.3. The number of nitrogens with one attached hydrogen (secondary N) is 2. The summed E-state index contributed by atoms with van der Waals surface area (Å²) in [5.74, 6) is -3.15. The molecule has 26 heteroatoms. The molecule has 0 atom stereocenters. The number of amides is 2. The number of esters is 3. The van der Waals surface area contributed by atoms with Gasteiger partial charge >= 0.3 is 30.0 Å². The normalized spacial score (nSPS) is 11.9. The zero-order valence-electron chi connectivity index (χ0n) is 55.1. The third-order valence-electron chi connectivity index (χ3n) is 11.8. The Bertz CT molecular complexity index is 3100. The van der Waals surface area contributed by atoms with E-state index in [-0.39, 0.29) is 94.2 Å². The summed E-state index contributed by atoms with van der Waals surface area (Å²) in [6.07, 6.45) is -0.494. The minimum atomic E-state index is -1.20. The lowest BCUT2D eigenvalue weighted by molar-refractivity contribution is -0.123. The van der Waals surface area contributed by atoms with Gasteiger partial charge in [0.15, 0.2) is 6.61 Å². The van der Waals surface area contributed by atoms with E-state index in [9.17, 15) is 33.9 Å². The SMILES string of the molecule is CC(C)(C)OC(=O)NCCOCCOCCOCCOCCOCCNC(=O)COc1cc(CN(Cc2cccc(C(=O)O)n2)Cc2cccc(C(=O)OC(C)(C)C)n2)nc(CN(Cc2cccc(C(=O)OC(C)(C)C)n2)Cc2cccc(C(=O)OC(C)(C)C)n2)c1. The van der Waals surface area contributed by atoms with Crippen LogP contribution in [0.3, 0.4) is 0 Å². The highest BCUT2D eigenvalue weighted by molar-refractivity contribution is 5.88. The van der Waals surface area contributed by atoms with Gasteiger partial charge in [-0.25, -0.2) is 43.9 Å². The van der Waals surface area contributed by atoms with E-state index in [0.29, 0.717) is 93.6 Å².